The summed E-state index contributed by atoms with van der Waals surface area (Å²) in [5.74, 6) is 0.639. The van der Waals surface area contributed by atoms with E-state index in [1.807, 2.05) is 12.1 Å². The molecule has 1 saturated heterocycles. The molecule has 0 atom stereocenters. The van der Waals surface area contributed by atoms with Crippen LogP contribution in [0.15, 0.2) is 53.3 Å². The van der Waals surface area contributed by atoms with E-state index >= 15 is 0 Å². The van der Waals surface area contributed by atoms with Crippen molar-refractivity contribution < 1.29 is 4.79 Å². The molecule has 33 heavy (non-hydrogen) atoms. The molecule has 1 fully saturated rings. The van der Waals surface area contributed by atoms with Gasteiger partial charge in [0.15, 0.2) is 0 Å². The number of fused-ring (bicyclic) bond motifs is 3. The average molecular weight is 445 g/mol. The molecule has 0 saturated carbocycles. The number of hydrogen-bond acceptors (Lipinski definition) is 5. The number of nitrogens with one attached hydrogen (secondary N) is 2. The number of aryl methyl sites for hydroxylation is 1. The van der Waals surface area contributed by atoms with E-state index in [1.54, 1.807) is 16.5 Å². The van der Waals surface area contributed by atoms with Crippen molar-refractivity contribution in [3.8, 4) is 0 Å². The highest BCUT2D eigenvalue weighted by molar-refractivity contribution is 5.97. The first-order valence-electron chi connectivity index (χ1n) is 11.6. The van der Waals surface area contributed by atoms with Crippen LogP contribution in [0.1, 0.15) is 47.9 Å². The van der Waals surface area contributed by atoms with Crippen molar-refractivity contribution in [2.45, 2.75) is 45.2 Å². The van der Waals surface area contributed by atoms with E-state index in [4.69, 9.17) is 0 Å². The van der Waals surface area contributed by atoms with Gasteiger partial charge in [-0.05, 0) is 43.0 Å². The largest absolute Gasteiger partial charge is 0.349 e. The van der Waals surface area contributed by atoms with Crippen LogP contribution >= 0.6 is 0 Å². The number of carbonyl (C=O) groups is 1. The molecule has 1 amide bonds. The standard InChI is InChI=1S/C25H28N6O2/c1-2-6-22-28-29-23-25(33)27-20-15-18(9-10-21(20)31(22)23)24(32)26-19-11-13-30(14-12-19)16-17-7-4-3-5-8-17/h3-5,7-10,15,19H,2,6,11-14,16H2,1H3,(H,26,32)(H,27,33). The highest BCUT2D eigenvalue weighted by Crippen LogP contribution is 2.18. The van der Waals surface area contributed by atoms with Gasteiger partial charge in [0.1, 0.15) is 5.82 Å². The molecule has 8 nitrogen and oxygen atoms in total. The second-order valence-corrected chi connectivity index (χ2v) is 8.72. The number of hydrogen-bond donors (Lipinski definition) is 2. The van der Waals surface area contributed by atoms with Gasteiger partial charge in [-0.2, -0.15) is 0 Å². The van der Waals surface area contributed by atoms with Crippen LogP contribution in [0.25, 0.3) is 16.7 Å². The van der Waals surface area contributed by atoms with Crippen molar-refractivity contribution in [2.75, 3.05) is 13.1 Å². The molecule has 0 spiro atoms. The van der Waals surface area contributed by atoms with Crippen molar-refractivity contribution in [2.24, 2.45) is 0 Å². The van der Waals surface area contributed by atoms with E-state index in [9.17, 15) is 9.59 Å². The van der Waals surface area contributed by atoms with Crippen LogP contribution in [-0.4, -0.2) is 49.5 Å². The van der Waals surface area contributed by atoms with Crippen molar-refractivity contribution in [3.63, 3.8) is 0 Å². The fraction of sp³-hybridized carbons (Fsp3) is 0.360. The Balaban J connectivity index is 1.28. The molecule has 3 heterocycles. The van der Waals surface area contributed by atoms with Crippen LogP contribution in [0, 0.1) is 0 Å². The normalized spacial score (nSPS) is 15.3. The number of likely N-dealkylation sites (tertiary alicyclic amines) is 1. The first-order valence-corrected chi connectivity index (χ1v) is 11.6. The number of amides is 1. The molecule has 5 rings (SSSR count). The van der Waals surface area contributed by atoms with Crippen LogP contribution < -0.4 is 10.9 Å². The van der Waals surface area contributed by atoms with Gasteiger partial charge in [0.25, 0.3) is 11.5 Å². The third kappa shape index (κ3) is 4.39. The number of aromatic amines is 1. The number of nitrogens with zero attached hydrogens (tertiary/aromatic N) is 4. The van der Waals surface area contributed by atoms with Gasteiger partial charge in [0.05, 0.1) is 11.0 Å². The van der Waals surface area contributed by atoms with Gasteiger partial charge in [-0.25, -0.2) is 0 Å². The summed E-state index contributed by atoms with van der Waals surface area (Å²) in [6, 6.07) is 16.0. The Kier molecular flexibility index (Phi) is 5.92. The monoisotopic (exact) mass is 444 g/mol. The molecular weight excluding hydrogens is 416 g/mol. The topological polar surface area (TPSA) is 95.4 Å². The van der Waals surface area contributed by atoms with Gasteiger partial charge in [-0.1, -0.05) is 37.3 Å². The summed E-state index contributed by atoms with van der Waals surface area (Å²) < 4.78 is 1.79. The zero-order valence-corrected chi connectivity index (χ0v) is 18.8. The second kappa shape index (κ2) is 9.15. The van der Waals surface area contributed by atoms with Crippen LogP contribution in [0.5, 0.6) is 0 Å². The van der Waals surface area contributed by atoms with E-state index in [1.165, 1.54) is 5.56 Å². The van der Waals surface area contributed by atoms with Crippen LogP contribution in [0.4, 0.5) is 0 Å². The Hall–Kier alpha value is -3.52. The average Bonchev–Trinajstić information content (AvgIpc) is 3.26. The van der Waals surface area contributed by atoms with E-state index in [0.29, 0.717) is 11.1 Å². The maximum atomic E-state index is 12.9. The van der Waals surface area contributed by atoms with Gasteiger partial charge >= 0.3 is 0 Å². The van der Waals surface area contributed by atoms with E-state index < -0.39 is 0 Å². The summed E-state index contributed by atoms with van der Waals surface area (Å²) in [4.78, 5) is 30.7. The zero-order valence-electron chi connectivity index (χ0n) is 18.8. The first-order chi connectivity index (χ1) is 16.1. The maximum Gasteiger partial charge on any atom is 0.294 e. The number of carbonyl (C=O) groups excluding carboxylic acids is 1. The van der Waals surface area contributed by atoms with Crippen molar-refractivity contribution >= 4 is 22.6 Å². The summed E-state index contributed by atoms with van der Waals surface area (Å²) in [5.41, 5.74) is 3.23. The van der Waals surface area contributed by atoms with Crippen LogP contribution in [0.2, 0.25) is 0 Å². The number of rotatable bonds is 6. The smallest absolute Gasteiger partial charge is 0.294 e. The van der Waals surface area contributed by atoms with Crippen molar-refractivity contribution in [1.82, 2.24) is 29.8 Å². The van der Waals surface area contributed by atoms with Crippen LogP contribution in [-0.2, 0) is 13.0 Å². The Bertz CT molecular complexity index is 1340. The molecule has 8 heteroatoms. The molecule has 1 aliphatic rings. The highest BCUT2D eigenvalue weighted by Gasteiger charge is 2.22. The lowest BCUT2D eigenvalue weighted by Crippen LogP contribution is -2.44. The molecule has 0 bridgehead atoms. The van der Waals surface area contributed by atoms with Gasteiger partial charge in [0, 0.05) is 37.7 Å². The summed E-state index contributed by atoms with van der Waals surface area (Å²) in [6.07, 6.45) is 3.47. The maximum absolute atomic E-state index is 12.9. The Morgan fingerprint density at radius 3 is 2.67 bits per heavy atom. The predicted molar refractivity (Wildman–Crippen MR) is 127 cm³/mol. The Morgan fingerprint density at radius 1 is 1.12 bits per heavy atom. The van der Waals surface area contributed by atoms with Crippen molar-refractivity contribution in [3.05, 3.63) is 75.8 Å². The lowest BCUT2D eigenvalue weighted by Gasteiger charge is -2.32. The minimum Gasteiger partial charge on any atom is -0.349 e. The minimum atomic E-state index is -0.305. The first kappa shape index (κ1) is 21.3. The third-order valence-corrected chi connectivity index (χ3v) is 6.33. The molecule has 2 aromatic heterocycles. The van der Waals surface area contributed by atoms with E-state index in [0.717, 1.165) is 56.7 Å². The fourth-order valence-corrected chi connectivity index (χ4v) is 4.60. The van der Waals surface area contributed by atoms with Crippen molar-refractivity contribution in [1.29, 1.82) is 0 Å². The third-order valence-electron chi connectivity index (χ3n) is 6.33. The molecule has 1 aliphatic heterocycles. The van der Waals surface area contributed by atoms with Gasteiger partial charge in [0.2, 0.25) is 5.65 Å². The van der Waals surface area contributed by atoms with Gasteiger partial charge in [-0.3, -0.25) is 18.9 Å². The number of benzene rings is 2. The molecule has 0 radical (unpaired) electrons. The summed E-state index contributed by atoms with van der Waals surface area (Å²) in [6.45, 7) is 4.91. The molecule has 0 aliphatic carbocycles. The summed E-state index contributed by atoms with van der Waals surface area (Å²) in [7, 11) is 0. The number of aromatic nitrogens is 4. The fourth-order valence-electron chi connectivity index (χ4n) is 4.60. The highest BCUT2D eigenvalue weighted by atomic mass is 16.1. The molecule has 2 aromatic carbocycles. The lowest BCUT2D eigenvalue weighted by atomic mass is 10.0. The van der Waals surface area contributed by atoms with Gasteiger partial charge in [-0.15, -0.1) is 10.2 Å². The van der Waals surface area contributed by atoms with Gasteiger partial charge < -0.3 is 10.3 Å². The second-order valence-electron chi connectivity index (χ2n) is 8.72. The molecule has 0 unspecified atom stereocenters. The molecule has 4 aromatic rings. The lowest BCUT2D eigenvalue weighted by molar-refractivity contribution is 0.0909. The zero-order chi connectivity index (χ0) is 22.8. The SMILES string of the molecule is CCCc1nnc2c(=O)[nH]c3cc(C(=O)NC4CCN(Cc5ccccc5)CC4)ccc3n12. The quantitative estimate of drug-likeness (QED) is 0.477. The summed E-state index contributed by atoms with van der Waals surface area (Å²) in [5, 5.41) is 11.4. The Labute approximate surface area is 191 Å². The number of piperidine rings is 1. The van der Waals surface area contributed by atoms with Crippen LogP contribution in [0.3, 0.4) is 0 Å². The molecule has 170 valence electrons. The van der Waals surface area contributed by atoms with E-state index in [-0.39, 0.29) is 23.2 Å². The molecular formula is C25H28N6O2. The molecule has 2 N–H and O–H groups in total. The summed E-state index contributed by atoms with van der Waals surface area (Å²) >= 11 is 0. The Morgan fingerprint density at radius 2 is 1.91 bits per heavy atom. The number of H-pyrrole nitrogens is 1. The predicted octanol–water partition coefficient (Wildman–Crippen LogP) is 2.92. The minimum absolute atomic E-state index is 0.114. The van der Waals surface area contributed by atoms with E-state index in [2.05, 4.69) is 56.6 Å².